The van der Waals surface area contributed by atoms with E-state index in [-0.39, 0.29) is 17.1 Å². The maximum atomic E-state index is 12.4. The number of benzene rings is 1. The van der Waals surface area contributed by atoms with Gasteiger partial charge in [0.25, 0.3) is 5.91 Å². The first-order valence-corrected chi connectivity index (χ1v) is 8.49. The predicted octanol–water partition coefficient (Wildman–Crippen LogP) is 4.56. The lowest BCUT2D eigenvalue weighted by molar-refractivity contribution is 0.0934. The summed E-state index contributed by atoms with van der Waals surface area (Å²) in [6.45, 7) is 0. The molecule has 114 valence electrons. The molecular weight excluding hydrogens is 364 g/mol. The topological polar surface area (TPSA) is 42.0 Å². The number of pyridine rings is 1. The maximum absolute atomic E-state index is 12.4. The van der Waals surface area contributed by atoms with Crippen LogP contribution in [0.2, 0.25) is 5.15 Å². The van der Waals surface area contributed by atoms with Crippen molar-refractivity contribution in [1.82, 2.24) is 10.3 Å². The third-order valence-corrected chi connectivity index (χ3v) is 5.16. The normalized spacial score (nSPS) is 20.8. The number of hydrogen-bond donors (Lipinski definition) is 1. The van der Waals surface area contributed by atoms with Gasteiger partial charge >= 0.3 is 0 Å². The highest BCUT2D eigenvalue weighted by Gasteiger charge is 2.31. The van der Waals surface area contributed by atoms with Crippen LogP contribution in [0.25, 0.3) is 0 Å². The molecule has 1 aromatic heterocycles. The second kappa shape index (κ2) is 6.80. The van der Waals surface area contributed by atoms with E-state index in [1.165, 1.54) is 5.56 Å². The summed E-state index contributed by atoms with van der Waals surface area (Å²) in [6.07, 6.45) is 4.75. The van der Waals surface area contributed by atoms with Crippen molar-refractivity contribution >= 4 is 33.4 Å². The molecule has 1 aliphatic carbocycles. The van der Waals surface area contributed by atoms with Crippen molar-refractivity contribution in [3.8, 4) is 0 Å². The van der Waals surface area contributed by atoms with Crippen LogP contribution in [-0.4, -0.2) is 16.9 Å². The molecule has 1 heterocycles. The summed E-state index contributed by atoms with van der Waals surface area (Å²) >= 11 is 9.62. The van der Waals surface area contributed by atoms with Gasteiger partial charge in [0.1, 0.15) is 5.15 Å². The molecule has 0 saturated heterocycles. The lowest BCUT2D eigenvalue weighted by atomic mass is 9.94. The predicted molar refractivity (Wildman–Crippen MR) is 91.2 cm³/mol. The van der Waals surface area contributed by atoms with Crippen molar-refractivity contribution in [2.24, 2.45) is 0 Å². The average Bonchev–Trinajstić information content (AvgIpc) is 2.96. The zero-order valence-electron chi connectivity index (χ0n) is 11.9. The Bertz CT molecular complexity index is 692. The Labute approximate surface area is 143 Å². The number of nitrogens with one attached hydrogen (secondary N) is 1. The number of rotatable bonds is 3. The van der Waals surface area contributed by atoms with Gasteiger partial charge in [0.2, 0.25) is 0 Å². The van der Waals surface area contributed by atoms with Gasteiger partial charge in [-0.25, -0.2) is 4.98 Å². The van der Waals surface area contributed by atoms with Crippen LogP contribution in [0.1, 0.15) is 41.1 Å². The summed E-state index contributed by atoms with van der Waals surface area (Å²) in [5, 5.41) is 3.37. The molecule has 0 aliphatic heterocycles. The Morgan fingerprint density at radius 2 is 2.05 bits per heavy atom. The van der Waals surface area contributed by atoms with Crippen LogP contribution >= 0.6 is 27.5 Å². The molecule has 1 fully saturated rings. The number of amides is 1. The van der Waals surface area contributed by atoms with E-state index in [1.807, 2.05) is 18.2 Å². The Balaban J connectivity index is 1.79. The first kappa shape index (κ1) is 15.5. The molecular formula is C17H16BrClN2O. The van der Waals surface area contributed by atoms with Crippen molar-refractivity contribution < 1.29 is 4.79 Å². The molecule has 2 aromatic rings. The quantitative estimate of drug-likeness (QED) is 0.794. The summed E-state index contributed by atoms with van der Waals surface area (Å²) in [4.78, 5) is 16.4. The number of nitrogens with zero attached hydrogens (tertiary/aromatic N) is 1. The molecule has 0 bridgehead atoms. The fraction of sp³-hybridized carbons (Fsp3) is 0.294. The van der Waals surface area contributed by atoms with E-state index in [4.69, 9.17) is 11.6 Å². The van der Waals surface area contributed by atoms with E-state index in [1.54, 1.807) is 18.3 Å². The number of halogens is 2. The highest BCUT2D eigenvalue weighted by molar-refractivity contribution is 9.10. The SMILES string of the molecule is O=C(N[C@@H]1CCC[C@@H]1c1ccccc1Br)c1cccnc1Cl. The monoisotopic (exact) mass is 378 g/mol. The van der Waals surface area contributed by atoms with Gasteiger partial charge in [-0.3, -0.25) is 4.79 Å². The molecule has 2 atom stereocenters. The van der Waals surface area contributed by atoms with E-state index >= 15 is 0 Å². The molecule has 3 rings (SSSR count). The lowest BCUT2D eigenvalue weighted by Crippen LogP contribution is -2.36. The van der Waals surface area contributed by atoms with Crippen LogP contribution in [0.4, 0.5) is 0 Å². The molecule has 22 heavy (non-hydrogen) atoms. The van der Waals surface area contributed by atoms with Crippen LogP contribution in [-0.2, 0) is 0 Å². The fourth-order valence-corrected chi connectivity index (χ4v) is 3.87. The lowest BCUT2D eigenvalue weighted by Gasteiger charge is -2.22. The number of aromatic nitrogens is 1. The Morgan fingerprint density at radius 3 is 2.82 bits per heavy atom. The van der Waals surface area contributed by atoms with Crippen LogP contribution in [0.5, 0.6) is 0 Å². The molecule has 1 saturated carbocycles. The minimum Gasteiger partial charge on any atom is -0.349 e. The Kier molecular flexibility index (Phi) is 4.79. The first-order chi connectivity index (χ1) is 10.7. The summed E-state index contributed by atoms with van der Waals surface area (Å²) in [7, 11) is 0. The summed E-state index contributed by atoms with van der Waals surface area (Å²) in [6, 6.07) is 11.8. The van der Waals surface area contributed by atoms with Gasteiger partial charge in [-0.15, -0.1) is 0 Å². The van der Waals surface area contributed by atoms with Crippen molar-refractivity contribution in [3.05, 3.63) is 63.3 Å². The molecule has 1 aliphatic rings. The number of carbonyl (C=O) groups excluding carboxylic acids is 1. The standard InChI is InChI=1S/C17H16BrClN2O/c18-14-8-2-1-5-11(14)12-6-3-9-15(12)21-17(22)13-7-4-10-20-16(13)19/h1-2,4-5,7-8,10,12,15H,3,6,9H2,(H,21,22)/t12-,15-/m1/s1. The van der Waals surface area contributed by atoms with Crippen molar-refractivity contribution in [2.75, 3.05) is 0 Å². The van der Waals surface area contributed by atoms with E-state index < -0.39 is 0 Å². The minimum atomic E-state index is -0.151. The molecule has 5 heteroatoms. The van der Waals surface area contributed by atoms with Crippen LogP contribution in [0.15, 0.2) is 47.1 Å². The van der Waals surface area contributed by atoms with Gasteiger partial charge in [0, 0.05) is 22.6 Å². The van der Waals surface area contributed by atoms with Crippen molar-refractivity contribution in [3.63, 3.8) is 0 Å². The number of carbonyl (C=O) groups is 1. The van der Waals surface area contributed by atoms with Gasteiger partial charge in [-0.05, 0) is 36.6 Å². The van der Waals surface area contributed by atoms with Gasteiger partial charge in [-0.1, -0.05) is 52.2 Å². The Hall–Kier alpha value is -1.39. The van der Waals surface area contributed by atoms with E-state index in [0.717, 1.165) is 23.7 Å². The smallest absolute Gasteiger partial charge is 0.254 e. The molecule has 1 aromatic carbocycles. The zero-order chi connectivity index (χ0) is 15.5. The second-order valence-corrected chi connectivity index (χ2v) is 6.69. The maximum Gasteiger partial charge on any atom is 0.254 e. The summed E-state index contributed by atoms with van der Waals surface area (Å²) in [5.41, 5.74) is 1.68. The molecule has 0 spiro atoms. The summed E-state index contributed by atoms with van der Waals surface area (Å²) < 4.78 is 1.10. The third kappa shape index (κ3) is 3.18. The fourth-order valence-electron chi connectivity index (χ4n) is 3.08. The van der Waals surface area contributed by atoms with Gasteiger partial charge < -0.3 is 5.32 Å². The van der Waals surface area contributed by atoms with E-state index in [0.29, 0.717) is 11.5 Å². The minimum absolute atomic E-state index is 0.127. The molecule has 1 N–H and O–H groups in total. The van der Waals surface area contributed by atoms with Gasteiger partial charge in [-0.2, -0.15) is 0 Å². The number of hydrogen-bond acceptors (Lipinski definition) is 2. The third-order valence-electron chi connectivity index (χ3n) is 4.14. The Morgan fingerprint density at radius 1 is 1.23 bits per heavy atom. The average molecular weight is 380 g/mol. The molecule has 0 unspecified atom stereocenters. The highest BCUT2D eigenvalue weighted by atomic mass is 79.9. The van der Waals surface area contributed by atoms with Crippen LogP contribution in [0, 0.1) is 0 Å². The van der Waals surface area contributed by atoms with E-state index in [9.17, 15) is 4.79 Å². The largest absolute Gasteiger partial charge is 0.349 e. The zero-order valence-corrected chi connectivity index (χ0v) is 14.3. The second-order valence-electron chi connectivity index (χ2n) is 5.48. The summed E-state index contributed by atoms with van der Waals surface area (Å²) in [5.74, 6) is 0.178. The van der Waals surface area contributed by atoms with Gasteiger partial charge in [0.15, 0.2) is 0 Å². The van der Waals surface area contributed by atoms with Gasteiger partial charge in [0.05, 0.1) is 5.56 Å². The first-order valence-electron chi connectivity index (χ1n) is 7.32. The van der Waals surface area contributed by atoms with Crippen molar-refractivity contribution in [2.45, 2.75) is 31.2 Å². The molecule has 1 amide bonds. The van der Waals surface area contributed by atoms with Crippen LogP contribution < -0.4 is 5.32 Å². The van der Waals surface area contributed by atoms with Crippen molar-refractivity contribution in [1.29, 1.82) is 0 Å². The van der Waals surface area contributed by atoms with Crippen LogP contribution in [0.3, 0.4) is 0 Å². The highest BCUT2D eigenvalue weighted by Crippen LogP contribution is 2.38. The molecule has 3 nitrogen and oxygen atoms in total. The van der Waals surface area contributed by atoms with E-state index in [2.05, 4.69) is 32.3 Å². The molecule has 0 radical (unpaired) electrons.